The van der Waals surface area contributed by atoms with Gasteiger partial charge in [-0.3, -0.25) is 19.4 Å². The summed E-state index contributed by atoms with van der Waals surface area (Å²) in [6.45, 7) is 2.60. The van der Waals surface area contributed by atoms with Crippen LogP contribution < -0.4 is 0 Å². The first-order chi connectivity index (χ1) is 16.9. The van der Waals surface area contributed by atoms with Crippen molar-refractivity contribution in [2.24, 2.45) is 0 Å². The van der Waals surface area contributed by atoms with E-state index in [-0.39, 0.29) is 37.6 Å². The lowest BCUT2D eigenvalue weighted by molar-refractivity contribution is -0.147. The number of carbonyl (C=O) groups is 3. The van der Waals surface area contributed by atoms with Crippen molar-refractivity contribution in [3.8, 4) is 0 Å². The Balaban J connectivity index is 1.24. The summed E-state index contributed by atoms with van der Waals surface area (Å²) >= 11 is 1.62. The number of nitrogens with zero attached hydrogens (tertiary/aromatic N) is 3. The summed E-state index contributed by atoms with van der Waals surface area (Å²) in [4.78, 5) is 43.1. The van der Waals surface area contributed by atoms with Crippen molar-refractivity contribution in [3.63, 3.8) is 0 Å². The van der Waals surface area contributed by atoms with Crippen molar-refractivity contribution in [2.75, 3.05) is 51.3 Å². The summed E-state index contributed by atoms with van der Waals surface area (Å²) in [5.41, 5.74) is 2.28. The molecule has 1 aliphatic carbocycles. The van der Waals surface area contributed by atoms with Crippen LogP contribution in [0, 0.1) is 5.41 Å². The van der Waals surface area contributed by atoms with Gasteiger partial charge in [0.05, 0.1) is 24.8 Å². The van der Waals surface area contributed by atoms with E-state index in [1.807, 2.05) is 47.6 Å². The second-order valence-electron chi connectivity index (χ2n) is 8.68. The summed E-state index contributed by atoms with van der Waals surface area (Å²) in [6, 6.07) is 9.22. The fourth-order valence-corrected chi connectivity index (χ4v) is 4.97. The van der Waals surface area contributed by atoms with E-state index in [4.69, 9.17) is 14.9 Å². The van der Waals surface area contributed by atoms with E-state index in [0.717, 1.165) is 11.1 Å². The first-order valence-corrected chi connectivity index (χ1v) is 13.0. The molecule has 2 saturated heterocycles. The molecule has 35 heavy (non-hydrogen) atoms. The average molecular weight is 499 g/mol. The first kappa shape index (κ1) is 25.0. The Bertz CT molecular complexity index is 1020. The van der Waals surface area contributed by atoms with Crippen LogP contribution in [0.15, 0.2) is 54.1 Å². The third kappa shape index (κ3) is 6.32. The van der Waals surface area contributed by atoms with Gasteiger partial charge in [-0.1, -0.05) is 36.4 Å². The standard InChI is InChI=1S/C25H30N4O5S/c1-35-17-19-13-20(26)7-8-21(19)29-14-22(34-25(29)32)24(31)28-11-9-27(10-12-28)15-23(30)33-16-18-5-3-2-4-6-18/h2-8,13,21-22,26H,9-12,14-17H2,1H3. The Morgan fingerprint density at radius 3 is 2.63 bits per heavy atom. The van der Waals surface area contributed by atoms with E-state index in [2.05, 4.69) is 0 Å². The third-order valence-electron chi connectivity index (χ3n) is 6.22. The molecule has 0 saturated carbocycles. The number of benzene rings is 1. The maximum Gasteiger partial charge on any atom is 0.411 e. The summed E-state index contributed by atoms with van der Waals surface area (Å²) in [7, 11) is 0. The zero-order valence-electron chi connectivity index (χ0n) is 19.7. The number of nitrogens with one attached hydrogen (secondary N) is 1. The van der Waals surface area contributed by atoms with Crippen molar-refractivity contribution in [2.45, 2.75) is 18.8 Å². The maximum atomic E-state index is 13.1. The van der Waals surface area contributed by atoms with Gasteiger partial charge in [-0.2, -0.15) is 11.8 Å². The van der Waals surface area contributed by atoms with Crippen LogP contribution in [0.2, 0.25) is 0 Å². The number of rotatable bonds is 8. The van der Waals surface area contributed by atoms with E-state index in [1.165, 1.54) is 0 Å². The number of hydrogen-bond acceptors (Lipinski definition) is 8. The molecule has 2 heterocycles. The largest absolute Gasteiger partial charge is 0.460 e. The van der Waals surface area contributed by atoms with E-state index in [9.17, 15) is 14.4 Å². The van der Waals surface area contributed by atoms with Crippen LogP contribution in [0.1, 0.15) is 5.56 Å². The molecule has 9 nitrogen and oxygen atoms in total. The second kappa shape index (κ2) is 11.5. The van der Waals surface area contributed by atoms with Gasteiger partial charge in [0, 0.05) is 31.9 Å². The van der Waals surface area contributed by atoms with Crippen LogP contribution in [-0.2, 0) is 25.7 Å². The Kier molecular flexibility index (Phi) is 8.25. The Morgan fingerprint density at radius 2 is 1.91 bits per heavy atom. The molecule has 0 spiro atoms. The molecule has 2 aliphatic heterocycles. The monoisotopic (exact) mass is 498 g/mol. The SMILES string of the molecule is CSCC1=CC(=N)C=CC1N1CC(C(=O)N2CCN(CC(=O)OCc3ccccc3)CC2)OC1=O. The molecular weight excluding hydrogens is 468 g/mol. The summed E-state index contributed by atoms with van der Waals surface area (Å²) < 4.78 is 10.8. The van der Waals surface area contributed by atoms with E-state index in [1.54, 1.807) is 33.7 Å². The Morgan fingerprint density at radius 1 is 1.17 bits per heavy atom. The zero-order valence-corrected chi connectivity index (χ0v) is 20.5. The van der Waals surface area contributed by atoms with Gasteiger partial charge in [0.15, 0.2) is 6.10 Å². The van der Waals surface area contributed by atoms with Crippen molar-refractivity contribution in [1.82, 2.24) is 14.7 Å². The molecule has 2 atom stereocenters. The lowest BCUT2D eigenvalue weighted by Gasteiger charge is -2.35. The molecule has 1 aromatic carbocycles. The molecule has 2 fully saturated rings. The van der Waals surface area contributed by atoms with Crippen molar-refractivity contribution in [1.29, 1.82) is 5.41 Å². The first-order valence-electron chi connectivity index (χ1n) is 11.6. The number of allylic oxidation sites excluding steroid dienone is 2. The van der Waals surface area contributed by atoms with Gasteiger partial charge in [0.25, 0.3) is 5.91 Å². The smallest absolute Gasteiger partial charge is 0.411 e. The minimum Gasteiger partial charge on any atom is -0.460 e. The highest BCUT2D eigenvalue weighted by Crippen LogP contribution is 2.26. The fraction of sp³-hybridized carbons (Fsp3) is 0.440. The van der Waals surface area contributed by atoms with Gasteiger partial charge in [0.2, 0.25) is 0 Å². The quantitative estimate of drug-likeness (QED) is 0.547. The Labute approximate surface area is 209 Å². The molecule has 1 N–H and O–H groups in total. The summed E-state index contributed by atoms with van der Waals surface area (Å²) in [5.74, 6) is 0.182. The normalized spacial score (nSPS) is 22.7. The van der Waals surface area contributed by atoms with Crippen molar-refractivity contribution in [3.05, 3.63) is 59.7 Å². The van der Waals surface area contributed by atoms with Gasteiger partial charge in [-0.15, -0.1) is 0 Å². The molecule has 186 valence electrons. The number of thioether (sulfide) groups is 1. The number of carbonyl (C=O) groups excluding carboxylic acids is 3. The lowest BCUT2D eigenvalue weighted by atomic mass is 9.99. The summed E-state index contributed by atoms with van der Waals surface area (Å²) in [6.07, 6.45) is 5.86. The number of esters is 1. The van der Waals surface area contributed by atoms with E-state index in [0.29, 0.717) is 37.6 Å². The van der Waals surface area contributed by atoms with E-state index < -0.39 is 12.2 Å². The molecule has 0 radical (unpaired) electrons. The van der Waals surface area contributed by atoms with Gasteiger partial charge in [0.1, 0.15) is 6.61 Å². The topological polar surface area (TPSA) is 103 Å². The van der Waals surface area contributed by atoms with E-state index >= 15 is 0 Å². The highest BCUT2D eigenvalue weighted by Gasteiger charge is 2.42. The summed E-state index contributed by atoms with van der Waals surface area (Å²) in [5, 5.41) is 7.87. The molecule has 0 bridgehead atoms. The van der Waals surface area contributed by atoms with Crippen LogP contribution in [0.3, 0.4) is 0 Å². The molecule has 0 aromatic heterocycles. The number of amides is 2. The molecule has 2 amide bonds. The third-order valence-corrected chi connectivity index (χ3v) is 6.84. The van der Waals surface area contributed by atoms with Crippen LogP contribution >= 0.6 is 11.8 Å². The van der Waals surface area contributed by atoms with Crippen molar-refractivity contribution < 1.29 is 23.9 Å². The molecule has 10 heteroatoms. The molecule has 2 unspecified atom stereocenters. The number of ether oxygens (including phenoxy) is 2. The van der Waals surface area contributed by atoms with Crippen LogP contribution in [-0.4, -0.2) is 102 Å². The fourth-order valence-electron chi connectivity index (χ4n) is 4.38. The zero-order chi connectivity index (χ0) is 24.8. The van der Waals surface area contributed by atoms with Crippen LogP contribution in [0.5, 0.6) is 0 Å². The van der Waals surface area contributed by atoms with Crippen LogP contribution in [0.4, 0.5) is 4.79 Å². The maximum absolute atomic E-state index is 13.1. The lowest BCUT2D eigenvalue weighted by Crippen LogP contribution is -2.53. The minimum absolute atomic E-state index is 0.175. The molecule has 3 aliphatic rings. The van der Waals surface area contributed by atoms with Gasteiger partial charge >= 0.3 is 12.1 Å². The minimum atomic E-state index is -0.852. The number of hydrogen-bond donors (Lipinski definition) is 1. The van der Waals surface area contributed by atoms with Crippen LogP contribution in [0.25, 0.3) is 0 Å². The number of piperazine rings is 1. The van der Waals surface area contributed by atoms with Gasteiger partial charge < -0.3 is 19.8 Å². The predicted octanol–water partition coefficient (Wildman–Crippen LogP) is 1.94. The number of cyclic esters (lactones) is 1. The van der Waals surface area contributed by atoms with Gasteiger partial charge in [-0.05, 0) is 29.5 Å². The van der Waals surface area contributed by atoms with Crippen molar-refractivity contribution >= 4 is 35.4 Å². The predicted molar refractivity (Wildman–Crippen MR) is 133 cm³/mol. The van der Waals surface area contributed by atoms with Gasteiger partial charge in [-0.25, -0.2) is 4.79 Å². The molecule has 4 rings (SSSR count). The second-order valence-corrected chi connectivity index (χ2v) is 9.55. The highest BCUT2D eigenvalue weighted by atomic mass is 32.2. The molecular formula is C25H30N4O5S. The molecule has 1 aromatic rings. The Hall–Kier alpha value is -3.11. The highest BCUT2D eigenvalue weighted by molar-refractivity contribution is 7.98. The average Bonchev–Trinajstić information content (AvgIpc) is 3.25.